The molecule has 0 saturated heterocycles. The van der Waals surface area contributed by atoms with Gasteiger partial charge in [0.15, 0.2) is 6.10 Å². The number of hydrogen-bond acceptors (Lipinski definition) is 6. The van der Waals surface area contributed by atoms with E-state index in [4.69, 9.17) is 14.2 Å². The van der Waals surface area contributed by atoms with Gasteiger partial charge in [0.1, 0.15) is 13.2 Å². The van der Waals surface area contributed by atoms with E-state index in [1.165, 1.54) is 57.8 Å². The molecule has 0 aromatic heterocycles. The first-order valence-electron chi connectivity index (χ1n) is 23.9. The van der Waals surface area contributed by atoms with Crippen LogP contribution in [-0.2, 0) is 28.6 Å². The van der Waals surface area contributed by atoms with Crippen LogP contribution in [0.2, 0.25) is 0 Å². The second-order valence-electron chi connectivity index (χ2n) is 15.6. The molecule has 0 aromatic rings. The molecule has 6 heteroatoms. The third-order valence-corrected chi connectivity index (χ3v) is 9.91. The van der Waals surface area contributed by atoms with Gasteiger partial charge >= 0.3 is 17.9 Å². The van der Waals surface area contributed by atoms with E-state index in [1.807, 2.05) is 0 Å². The minimum absolute atomic E-state index is 0.0984. The molecule has 0 aliphatic rings. The van der Waals surface area contributed by atoms with Crippen LogP contribution < -0.4 is 0 Å². The van der Waals surface area contributed by atoms with E-state index in [9.17, 15) is 14.4 Å². The molecule has 58 heavy (non-hydrogen) atoms. The lowest BCUT2D eigenvalue weighted by Crippen LogP contribution is -2.30. The number of hydrogen-bond donors (Lipinski definition) is 0. The Morgan fingerprint density at radius 1 is 0.362 bits per heavy atom. The molecule has 0 amide bonds. The van der Waals surface area contributed by atoms with Gasteiger partial charge < -0.3 is 14.2 Å². The Labute approximate surface area is 357 Å². The van der Waals surface area contributed by atoms with Crippen molar-refractivity contribution < 1.29 is 28.6 Å². The maximum absolute atomic E-state index is 12.7. The third kappa shape index (κ3) is 44.0. The van der Waals surface area contributed by atoms with Gasteiger partial charge in [-0.15, -0.1) is 0 Å². The van der Waals surface area contributed by atoms with E-state index in [-0.39, 0.29) is 31.1 Å². The van der Waals surface area contributed by atoms with Gasteiger partial charge in [-0.2, -0.15) is 0 Å². The van der Waals surface area contributed by atoms with E-state index < -0.39 is 6.10 Å². The van der Waals surface area contributed by atoms with Crippen molar-refractivity contribution in [3.05, 3.63) is 72.9 Å². The molecular weight excluding hydrogens is 721 g/mol. The lowest BCUT2D eigenvalue weighted by molar-refractivity contribution is -0.167. The highest BCUT2D eigenvalue weighted by Gasteiger charge is 2.19. The maximum Gasteiger partial charge on any atom is 0.306 e. The quantitative estimate of drug-likeness (QED) is 0.0264. The molecule has 1 atom stereocenters. The van der Waals surface area contributed by atoms with Crippen molar-refractivity contribution >= 4 is 17.9 Å². The summed E-state index contributed by atoms with van der Waals surface area (Å²) in [5, 5.41) is 0. The van der Waals surface area contributed by atoms with Crippen LogP contribution in [0.25, 0.3) is 0 Å². The van der Waals surface area contributed by atoms with Crippen LogP contribution in [0.1, 0.15) is 220 Å². The molecule has 0 N–H and O–H groups in total. The molecule has 0 rings (SSSR count). The number of unbranched alkanes of at least 4 members (excludes halogenated alkanes) is 19. The summed E-state index contributed by atoms with van der Waals surface area (Å²) < 4.78 is 16.7. The fraction of sp³-hybridized carbons (Fsp3) is 0.712. The first kappa shape index (κ1) is 54.9. The predicted octanol–water partition coefficient (Wildman–Crippen LogP) is 15.5. The molecule has 0 aliphatic heterocycles. The average Bonchev–Trinajstić information content (AvgIpc) is 3.22. The van der Waals surface area contributed by atoms with Gasteiger partial charge in [0, 0.05) is 19.3 Å². The van der Waals surface area contributed by atoms with Crippen molar-refractivity contribution in [2.75, 3.05) is 13.2 Å². The SMILES string of the molecule is CC/C=C\C/C=C\C/C=C\C/C=C\CCCCCC(=O)OCC(COC(=O)CCCCCC/C=C\CCCC)OC(=O)CCCCC/C=C\CCCCCCCCC. The molecule has 0 heterocycles. The zero-order valence-corrected chi connectivity index (χ0v) is 37.8. The van der Waals surface area contributed by atoms with Crippen molar-refractivity contribution in [2.24, 2.45) is 0 Å². The summed E-state index contributed by atoms with van der Waals surface area (Å²) in [6.45, 7) is 6.41. The summed E-state index contributed by atoms with van der Waals surface area (Å²) in [6, 6.07) is 0. The summed E-state index contributed by atoms with van der Waals surface area (Å²) in [5.74, 6) is -0.963. The standard InChI is InChI=1S/C52H88O6/c1-4-7-10-13-16-19-22-24-26-27-29-30-33-36-39-42-45-51(54)57-48-49(47-56-50(53)44-41-38-35-32-21-18-15-12-9-6-3)58-52(55)46-43-40-37-34-31-28-25-23-20-17-14-11-8-5-2/h7,10,15-16,18-19,24,26,28-31,49H,4-6,8-9,11-14,17,20-23,25,27,32-48H2,1-3H3/b10-7-,18-15-,19-16-,26-24-,30-29-,31-28-. The van der Waals surface area contributed by atoms with Crippen LogP contribution in [0.4, 0.5) is 0 Å². The Bertz CT molecular complexity index is 1110. The number of carbonyl (C=O) groups excluding carboxylic acids is 3. The van der Waals surface area contributed by atoms with Crippen LogP contribution >= 0.6 is 0 Å². The van der Waals surface area contributed by atoms with Crippen LogP contribution in [0.3, 0.4) is 0 Å². The maximum atomic E-state index is 12.7. The molecule has 0 radical (unpaired) electrons. The molecule has 1 unspecified atom stereocenters. The highest BCUT2D eigenvalue weighted by Crippen LogP contribution is 2.12. The lowest BCUT2D eigenvalue weighted by atomic mass is 10.1. The van der Waals surface area contributed by atoms with Crippen LogP contribution in [0, 0.1) is 0 Å². The summed E-state index contributed by atoms with van der Waals surface area (Å²) in [4.78, 5) is 37.8. The normalized spacial score (nSPS) is 12.7. The molecule has 0 saturated carbocycles. The average molecular weight is 809 g/mol. The first-order chi connectivity index (χ1) is 28.5. The molecule has 0 fully saturated rings. The molecule has 0 aromatic carbocycles. The second kappa shape index (κ2) is 46.5. The number of ether oxygens (including phenoxy) is 3. The van der Waals surface area contributed by atoms with Gasteiger partial charge in [-0.25, -0.2) is 0 Å². The van der Waals surface area contributed by atoms with Crippen LogP contribution in [0.5, 0.6) is 0 Å². The lowest BCUT2D eigenvalue weighted by Gasteiger charge is -2.18. The second-order valence-corrected chi connectivity index (χ2v) is 15.6. The Morgan fingerprint density at radius 3 is 1.14 bits per heavy atom. The Kier molecular flexibility index (Phi) is 44.0. The highest BCUT2D eigenvalue weighted by atomic mass is 16.6. The van der Waals surface area contributed by atoms with E-state index in [1.54, 1.807) is 0 Å². The van der Waals surface area contributed by atoms with Crippen molar-refractivity contribution in [3.8, 4) is 0 Å². The third-order valence-electron chi connectivity index (χ3n) is 9.91. The van der Waals surface area contributed by atoms with Gasteiger partial charge in [-0.3, -0.25) is 14.4 Å². The van der Waals surface area contributed by atoms with Gasteiger partial charge in [-0.1, -0.05) is 171 Å². The van der Waals surface area contributed by atoms with Gasteiger partial charge in [0.25, 0.3) is 0 Å². The van der Waals surface area contributed by atoms with Crippen LogP contribution in [0.15, 0.2) is 72.9 Å². The smallest absolute Gasteiger partial charge is 0.306 e. The minimum Gasteiger partial charge on any atom is -0.462 e. The summed E-state index contributed by atoms with van der Waals surface area (Å²) in [5.41, 5.74) is 0. The largest absolute Gasteiger partial charge is 0.462 e. The van der Waals surface area contributed by atoms with Crippen molar-refractivity contribution in [1.29, 1.82) is 0 Å². The first-order valence-corrected chi connectivity index (χ1v) is 23.9. The topological polar surface area (TPSA) is 78.9 Å². The molecule has 6 nitrogen and oxygen atoms in total. The van der Waals surface area contributed by atoms with Crippen molar-refractivity contribution in [2.45, 2.75) is 226 Å². The number of rotatable bonds is 42. The zero-order valence-electron chi connectivity index (χ0n) is 37.8. The predicted molar refractivity (Wildman–Crippen MR) is 247 cm³/mol. The fourth-order valence-corrected chi connectivity index (χ4v) is 6.29. The molecule has 0 bridgehead atoms. The van der Waals surface area contributed by atoms with Gasteiger partial charge in [0.05, 0.1) is 0 Å². The molecule has 0 aliphatic carbocycles. The van der Waals surface area contributed by atoms with Crippen molar-refractivity contribution in [3.63, 3.8) is 0 Å². The monoisotopic (exact) mass is 809 g/mol. The fourth-order valence-electron chi connectivity index (χ4n) is 6.29. The minimum atomic E-state index is -0.798. The van der Waals surface area contributed by atoms with Crippen LogP contribution in [-0.4, -0.2) is 37.2 Å². The van der Waals surface area contributed by atoms with Crippen molar-refractivity contribution in [1.82, 2.24) is 0 Å². The summed E-state index contributed by atoms with van der Waals surface area (Å²) in [7, 11) is 0. The van der Waals surface area contributed by atoms with E-state index in [0.717, 1.165) is 122 Å². The molecular formula is C52H88O6. The van der Waals surface area contributed by atoms with E-state index >= 15 is 0 Å². The Hall–Kier alpha value is -3.15. The Balaban J connectivity index is 4.46. The van der Waals surface area contributed by atoms with Gasteiger partial charge in [0.2, 0.25) is 0 Å². The summed E-state index contributed by atoms with van der Waals surface area (Å²) in [6.07, 6.45) is 57.4. The van der Waals surface area contributed by atoms with E-state index in [2.05, 4.69) is 93.7 Å². The Morgan fingerprint density at radius 2 is 0.690 bits per heavy atom. The molecule has 332 valence electrons. The van der Waals surface area contributed by atoms with Gasteiger partial charge in [-0.05, 0) is 103 Å². The number of allylic oxidation sites excluding steroid dienone is 12. The zero-order chi connectivity index (χ0) is 42.3. The molecule has 0 spiro atoms. The number of carbonyl (C=O) groups is 3. The van der Waals surface area contributed by atoms with E-state index in [0.29, 0.717) is 19.3 Å². The summed E-state index contributed by atoms with van der Waals surface area (Å²) >= 11 is 0. The number of esters is 3. The highest BCUT2D eigenvalue weighted by molar-refractivity contribution is 5.71.